The van der Waals surface area contributed by atoms with Gasteiger partial charge in [0.1, 0.15) is 22.4 Å². The van der Waals surface area contributed by atoms with Crippen molar-refractivity contribution >= 4 is 39.5 Å². The Balaban J connectivity index is 1.60. The predicted molar refractivity (Wildman–Crippen MR) is 162 cm³/mol. The van der Waals surface area contributed by atoms with Gasteiger partial charge in [-0.2, -0.15) is 0 Å². The number of benzene rings is 2. The topological polar surface area (TPSA) is 134 Å². The Labute approximate surface area is 257 Å². The molecular weight excluding hydrogens is 599 g/mol. The lowest BCUT2D eigenvalue weighted by Crippen LogP contribution is -2.48. The third kappa shape index (κ3) is 9.90. The lowest BCUT2D eigenvalue weighted by atomic mass is 9.94. The van der Waals surface area contributed by atoms with E-state index in [-0.39, 0.29) is 41.9 Å². The average molecular weight is 639 g/mol. The van der Waals surface area contributed by atoms with E-state index in [4.69, 9.17) is 16.3 Å². The molecule has 0 saturated heterocycles. The third-order valence-corrected chi connectivity index (χ3v) is 8.57. The molecule has 10 nitrogen and oxygen atoms in total. The Morgan fingerprint density at radius 2 is 1.84 bits per heavy atom. The molecule has 236 valence electrons. The summed E-state index contributed by atoms with van der Waals surface area (Å²) in [6, 6.07) is 7.57. The zero-order valence-corrected chi connectivity index (χ0v) is 26.7. The third-order valence-electron chi connectivity index (χ3n) is 6.63. The van der Waals surface area contributed by atoms with Crippen molar-refractivity contribution in [1.82, 2.24) is 20.3 Å². The number of carbonyl (C=O) groups is 3. The summed E-state index contributed by atoms with van der Waals surface area (Å²) in [5, 5.41) is 5.38. The maximum Gasteiger partial charge on any atom is 0.410 e. The minimum absolute atomic E-state index is 0.00181. The molecule has 0 bridgehead atoms. The van der Waals surface area contributed by atoms with E-state index in [0.29, 0.717) is 30.5 Å². The zero-order chi connectivity index (χ0) is 31.9. The molecule has 3 N–H and O–H groups in total. The fourth-order valence-electron chi connectivity index (χ4n) is 4.62. The highest BCUT2D eigenvalue weighted by Gasteiger charge is 2.30. The lowest BCUT2D eigenvalue weighted by Gasteiger charge is -2.32. The van der Waals surface area contributed by atoms with Crippen molar-refractivity contribution in [3.8, 4) is 0 Å². The van der Waals surface area contributed by atoms with Crippen LogP contribution in [0, 0.1) is 11.7 Å². The Hall–Kier alpha value is -3.22. The summed E-state index contributed by atoms with van der Waals surface area (Å²) in [6.45, 7) is 10.1. The number of ether oxygens (including phenoxy) is 1. The first-order valence-electron chi connectivity index (χ1n) is 14.2. The van der Waals surface area contributed by atoms with Gasteiger partial charge >= 0.3 is 6.09 Å². The largest absolute Gasteiger partial charge is 0.444 e. The Kier molecular flexibility index (Phi) is 11.6. The second-order valence-corrected chi connectivity index (χ2v) is 14.0. The monoisotopic (exact) mass is 638 g/mol. The van der Waals surface area contributed by atoms with Crippen LogP contribution in [0.4, 0.5) is 9.18 Å². The highest BCUT2D eigenvalue weighted by molar-refractivity contribution is 7.89. The summed E-state index contributed by atoms with van der Waals surface area (Å²) in [5.74, 6) is -1.38. The summed E-state index contributed by atoms with van der Waals surface area (Å²) >= 11 is 5.87. The fraction of sp³-hybridized carbons (Fsp3) is 0.500. The van der Waals surface area contributed by atoms with E-state index in [1.54, 1.807) is 37.8 Å². The molecule has 0 fully saturated rings. The van der Waals surface area contributed by atoms with Crippen LogP contribution in [0.3, 0.4) is 0 Å². The summed E-state index contributed by atoms with van der Waals surface area (Å²) in [7, 11) is -3.96. The van der Waals surface area contributed by atoms with E-state index in [1.165, 1.54) is 0 Å². The van der Waals surface area contributed by atoms with Crippen LogP contribution in [0.15, 0.2) is 41.3 Å². The summed E-state index contributed by atoms with van der Waals surface area (Å²) in [5.41, 5.74) is 1.42. The molecule has 1 atom stereocenters. The van der Waals surface area contributed by atoms with Crippen molar-refractivity contribution in [2.45, 2.75) is 77.0 Å². The molecule has 0 radical (unpaired) electrons. The van der Waals surface area contributed by atoms with Gasteiger partial charge in [0.25, 0.3) is 5.91 Å². The van der Waals surface area contributed by atoms with Crippen LogP contribution in [0.25, 0.3) is 0 Å². The minimum atomic E-state index is -3.96. The van der Waals surface area contributed by atoms with Crippen LogP contribution in [0.2, 0.25) is 5.02 Å². The number of sulfonamides is 1. The highest BCUT2D eigenvalue weighted by Crippen LogP contribution is 2.25. The van der Waals surface area contributed by atoms with Crippen molar-refractivity contribution < 1.29 is 31.9 Å². The van der Waals surface area contributed by atoms with Crippen LogP contribution in [0.5, 0.6) is 0 Å². The van der Waals surface area contributed by atoms with Gasteiger partial charge in [-0.1, -0.05) is 37.6 Å². The first-order chi connectivity index (χ1) is 20.1. The zero-order valence-electron chi connectivity index (χ0n) is 25.1. The molecule has 2 aromatic carbocycles. The predicted octanol–water partition coefficient (Wildman–Crippen LogP) is 4.40. The second-order valence-electron chi connectivity index (χ2n) is 11.9. The molecule has 0 unspecified atom stereocenters. The minimum Gasteiger partial charge on any atom is -0.444 e. The van der Waals surface area contributed by atoms with E-state index < -0.39 is 45.4 Å². The number of nitrogens with one attached hydrogen (secondary N) is 3. The Morgan fingerprint density at radius 1 is 1.12 bits per heavy atom. The van der Waals surface area contributed by atoms with E-state index >= 15 is 0 Å². The van der Waals surface area contributed by atoms with E-state index in [1.807, 2.05) is 19.9 Å². The second kappa shape index (κ2) is 14.5. The number of fused-ring (bicyclic) bond motifs is 1. The molecule has 0 aromatic heterocycles. The molecule has 0 saturated carbocycles. The normalized spacial score (nSPS) is 14.2. The van der Waals surface area contributed by atoms with Gasteiger partial charge in [-0.05, 0) is 81.3 Å². The van der Waals surface area contributed by atoms with Gasteiger partial charge in [0.05, 0.1) is 11.6 Å². The molecule has 43 heavy (non-hydrogen) atoms. The van der Waals surface area contributed by atoms with Crippen LogP contribution >= 0.6 is 11.6 Å². The SMILES string of the molecule is CC(C)C[C@H](NC(=O)c1cccc2c1CN(C(=O)OC(C)(C)C)CC2)C(=O)NCCCNS(=O)(=O)c1ccc(F)cc1Cl. The van der Waals surface area contributed by atoms with Crippen LogP contribution in [-0.4, -0.2) is 62.5 Å². The lowest BCUT2D eigenvalue weighted by molar-refractivity contribution is -0.123. The molecule has 1 aliphatic rings. The summed E-state index contributed by atoms with van der Waals surface area (Å²) in [6.07, 6.45) is 0.766. The maximum absolute atomic E-state index is 13.5. The van der Waals surface area contributed by atoms with Crippen molar-refractivity contribution in [2.24, 2.45) is 5.92 Å². The number of halogens is 2. The van der Waals surface area contributed by atoms with E-state index in [9.17, 15) is 27.2 Å². The molecule has 1 heterocycles. The van der Waals surface area contributed by atoms with Crippen LogP contribution in [0.1, 0.15) is 68.9 Å². The van der Waals surface area contributed by atoms with Crippen LogP contribution in [-0.2, 0) is 32.5 Å². The number of carbonyl (C=O) groups excluding carboxylic acids is 3. The van der Waals surface area contributed by atoms with Gasteiger partial charge in [0.15, 0.2) is 0 Å². The molecular formula is C30H40ClFN4O6S. The van der Waals surface area contributed by atoms with E-state index in [2.05, 4.69) is 15.4 Å². The van der Waals surface area contributed by atoms with Gasteiger partial charge in [0.2, 0.25) is 15.9 Å². The first kappa shape index (κ1) is 34.3. The molecule has 3 amide bonds. The molecule has 3 rings (SSSR count). The van der Waals surface area contributed by atoms with Gasteiger partial charge in [-0.15, -0.1) is 0 Å². The van der Waals surface area contributed by atoms with Gasteiger partial charge in [0, 0.05) is 25.2 Å². The van der Waals surface area contributed by atoms with Crippen molar-refractivity contribution in [1.29, 1.82) is 0 Å². The number of amides is 3. The van der Waals surface area contributed by atoms with Crippen LogP contribution < -0.4 is 15.4 Å². The number of nitrogens with zero attached hydrogens (tertiary/aromatic N) is 1. The molecule has 0 aliphatic carbocycles. The fourth-order valence-corrected chi connectivity index (χ4v) is 6.22. The molecule has 1 aliphatic heterocycles. The van der Waals surface area contributed by atoms with Crippen molar-refractivity contribution in [3.05, 3.63) is 63.9 Å². The Morgan fingerprint density at radius 3 is 2.49 bits per heavy atom. The number of hydrogen-bond acceptors (Lipinski definition) is 6. The molecule has 13 heteroatoms. The number of rotatable bonds is 11. The quantitative estimate of drug-likeness (QED) is 0.313. The molecule has 0 spiro atoms. The maximum atomic E-state index is 13.5. The van der Waals surface area contributed by atoms with Gasteiger partial charge in [-0.3, -0.25) is 9.59 Å². The summed E-state index contributed by atoms with van der Waals surface area (Å²) < 4.78 is 46.1. The molecule has 2 aromatic rings. The smallest absolute Gasteiger partial charge is 0.410 e. The number of hydrogen-bond donors (Lipinski definition) is 3. The Bertz CT molecular complexity index is 1440. The summed E-state index contributed by atoms with van der Waals surface area (Å²) in [4.78, 5) is 40.5. The van der Waals surface area contributed by atoms with Gasteiger partial charge < -0.3 is 20.3 Å². The van der Waals surface area contributed by atoms with Crippen molar-refractivity contribution in [3.63, 3.8) is 0 Å². The first-order valence-corrected chi connectivity index (χ1v) is 16.1. The average Bonchev–Trinajstić information content (AvgIpc) is 2.90. The van der Waals surface area contributed by atoms with E-state index in [0.717, 1.165) is 23.8 Å². The standard InChI is InChI=1S/C30H40ClFN4O6S/c1-19(2)16-25(28(38)33-13-7-14-34-43(40,41)26-11-10-21(32)17-24(26)31)35-27(37)22-9-6-8-20-12-15-36(18-23(20)22)29(39)42-30(3,4)5/h6,8-11,17,19,25,34H,7,12-16,18H2,1-5H3,(H,33,38)(H,35,37)/t25-/m0/s1. The van der Waals surface area contributed by atoms with Gasteiger partial charge in [-0.25, -0.2) is 22.3 Å². The highest BCUT2D eigenvalue weighted by atomic mass is 35.5. The van der Waals surface area contributed by atoms with Crippen molar-refractivity contribution in [2.75, 3.05) is 19.6 Å².